The lowest BCUT2D eigenvalue weighted by Gasteiger charge is -2.00. The van der Waals surface area contributed by atoms with Crippen LogP contribution in [-0.2, 0) is 11.8 Å². The molecule has 13 heavy (non-hydrogen) atoms. The van der Waals surface area contributed by atoms with E-state index in [2.05, 4.69) is 9.72 Å². The van der Waals surface area contributed by atoms with Crippen molar-refractivity contribution in [3.8, 4) is 0 Å². The third-order valence-corrected chi connectivity index (χ3v) is 1.46. The SMILES string of the molecule is CCOC(=O)c1cc(=O)n(C)cn1. The van der Waals surface area contributed by atoms with Crippen LogP contribution in [0.15, 0.2) is 17.2 Å². The molecular formula is C8H10N2O3. The van der Waals surface area contributed by atoms with Gasteiger partial charge in [-0.1, -0.05) is 0 Å². The first-order valence-corrected chi connectivity index (χ1v) is 3.85. The second kappa shape index (κ2) is 3.84. The minimum absolute atomic E-state index is 0.0463. The molecule has 1 rings (SSSR count). The molecule has 5 heteroatoms. The lowest BCUT2D eigenvalue weighted by atomic mass is 10.4. The third kappa shape index (κ3) is 2.14. The molecule has 0 amide bonds. The normalized spacial score (nSPS) is 9.69. The molecule has 0 saturated carbocycles. The van der Waals surface area contributed by atoms with Crippen LogP contribution >= 0.6 is 0 Å². The predicted octanol–water partition coefficient (Wildman–Crippen LogP) is -0.0430. The number of esters is 1. The Morgan fingerprint density at radius 1 is 1.69 bits per heavy atom. The molecule has 5 nitrogen and oxygen atoms in total. The number of ether oxygens (including phenoxy) is 1. The Balaban J connectivity index is 2.97. The number of carbonyl (C=O) groups excluding carboxylic acids is 1. The first-order valence-electron chi connectivity index (χ1n) is 3.85. The van der Waals surface area contributed by atoms with Crippen molar-refractivity contribution in [2.24, 2.45) is 7.05 Å². The average molecular weight is 182 g/mol. The number of hydrogen-bond donors (Lipinski definition) is 0. The summed E-state index contributed by atoms with van der Waals surface area (Å²) in [5.41, 5.74) is -0.233. The van der Waals surface area contributed by atoms with E-state index in [4.69, 9.17) is 0 Å². The van der Waals surface area contributed by atoms with Crippen LogP contribution in [0.2, 0.25) is 0 Å². The van der Waals surface area contributed by atoms with Crippen molar-refractivity contribution in [1.82, 2.24) is 9.55 Å². The van der Waals surface area contributed by atoms with E-state index in [0.29, 0.717) is 0 Å². The molecule has 0 atom stereocenters. The van der Waals surface area contributed by atoms with Gasteiger partial charge in [0.15, 0.2) is 5.69 Å². The Kier molecular flexibility index (Phi) is 2.79. The van der Waals surface area contributed by atoms with Crippen LogP contribution in [0, 0.1) is 0 Å². The Morgan fingerprint density at radius 2 is 2.38 bits per heavy atom. The highest BCUT2D eigenvalue weighted by Gasteiger charge is 2.08. The van der Waals surface area contributed by atoms with Crippen molar-refractivity contribution < 1.29 is 9.53 Å². The van der Waals surface area contributed by atoms with Crippen molar-refractivity contribution >= 4 is 5.97 Å². The molecule has 0 aliphatic rings. The molecule has 0 saturated heterocycles. The van der Waals surface area contributed by atoms with Gasteiger partial charge >= 0.3 is 5.97 Å². The molecule has 0 radical (unpaired) electrons. The standard InChI is InChI=1S/C8H10N2O3/c1-3-13-8(12)6-4-7(11)10(2)5-9-6/h4-5H,3H2,1-2H3. The van der Waals surface area contributed by atoms with E-state index in [-0.39, 0.29) is 17.9 Å². The van der Waals surface area contributed by atoms with Gasteiger partial charge in [-0.15, -0.1) is 0 Å². The third-order valence-electron chi connectivity index (χ3n) is 1.46. The van der Waals surface area contributed by atoms with E-state index >= 15 is 0 Å². The molecule has 1 aromatic heterocycles. The van der Waals surface area contributed by atoms with Crippen LogP contribution in [-0.4, -0.2) is 22.1 Å². The van der Waals surface area contributed by atoms with E-state index in [1.165, 1.54) is 10.9 Å². The molecule has 0 aliphatic heterocycles. The van der Waals surface area contributed by atoms with Crippen molar-refractivity contribution in [2.75, 3.05) is 6.61 Å². The van der Waals surface area contributed by atoms with E-state index in [9.17, 15) is 9.59 Å². The van der Waals surface area contributed by atoms with Crippen LogP contribution in [0.5, 0.6) is 0 Å². The van der Waals surface area contributed by atoms with Crippen LogP contribution in [0.25, 0.3) is 0 Å². The molecule has 1 aromatic rings. The van der Waals surface area contributed by atoms with Crippen LogP contribution in [0.4, 0.5) is 0 Å². The zero-order valence-electron chi connectivity index (χ0n) is 7.48. The second-order valence-electron chi connectivity index (χ2n) is 2.44. The lowest BCUT2D eigenvalue weighted by molar-refractivity contribution is 0.0519. The predicted molar refractivity (Wildman–Crippen MR) is 45.4 cm³/mol. The summed E-state index contributed by atoms with van der Waals surface area (Å²) in [6, 6.07) is 1.15. The summed E-state index contributed by atoms with van der Waals surface area (Å²) in [6.45, 7) is 1.97. The van der Waals surface area contributed by atoms with Gasteiger partial charge in [0.2, 0.25) is 0 Å². The van der Waals surface area contributed by atoms with Gasteiger partial charge in [-0.25, -0.2) is 9.78 Å². The summed E-state index contributed by atoms with van der Waals surface area (Å²) >= 11 is 0. The zero-order chi connectivity index (χ0) is 9.84. The molecule has 0 aromatic carbocycles. The van der Waals surface area contributed by atoms with Gasteiger partial charge in [0.1, 0.15) is 0 Å². The quantitative estimate of drug-likeness (QED) is 0.602. The Labute approximate surface area is 75.0 Å². The second-order valence-corrected chi connectivity index (χ2v) is 2.44. The smallest absolute Gasteiger partial charge is 0.357 e. The van der Waals surface area contributed by atoms with E-state index in [0.717, 1.165) is 6.07 Å². The van der Waals surface area contributed by atoms with Gasteiger partial charge in [0, 0.05) is 13.1 Å². The minimum atomic E-state index is -0.569. The van der Waals surface area contributed by atoms with Gasteiger partial charge in [-0.05, 0) is 6.92 Å². The number of hydrogen-bond acceptors (Lipinski definition) is 4. The number of rotatable bonds is 2. The summed E-state index contributed by atoms with van der Waals surface area (Å²) in [4.78, 5) is 25.9. The molecule has 0 aliphatic carbocycles. The first kappa shape index (κ1) is 9.44. The van der Waals surface area contributed by atoms with Gasteiger partial charge in [-0.2, -0.15) is 0 Å². The number of aromatic nitrogens is 2. The Bertz CT molecular complexity index is 370. The molecule has 0 spiro atoms. The topological polar surface area (TPSA) is 61.2 Å². The highest BCUT2D eigenvalue weighted by Crippen LogP contribution is 1.92. The highest BCUT2D eigenvalue weighted by molar-refractivity contribution is 5.86. The van der Waals surface area contributed by atoms with E-state index in [1.807, 2.05) is 0 Å². The highest BCUT2D eigenvalue weighted by atomic mass is 16.5. The van der Waals surface area contributed by atoms with Gasteiger partial charge in [-0.3, -0.25) is 4.79 Å². The number of nitrogens with zero attached hydrogens (tertiary/aromatic N) is 2. The maximum absolute atomic E-state index is 11.1. The van der Waals surface area contributed by atoms with Crippen molar-refractivity contribution in [1.29, 1.82) is 0 Å². The molecule has 1 heterocycles. The zero-order valence-corrected chi connectivity index (χ0v) is 7.48. The van der Waals surface area contributed by atoms with E-state index in [1.54, 1.807) is 14.0 Å². The molecule has 0 unspecified atom stereocenters. The fourth-order valence-electron chi connectivity index (χ4n) is 0.778. The Hall–Kier alpha value is -1.65. The summed E-state index contributed by atoms with van der Waals surface area (Å²) in [7, 11) is 1.56. The lowest BCUT2D eigenvalue weighted by Crippen LogP contribution is -2.19. The van der Waals surface area contributed by atoms with Gasteiger partial charge in [0.05, 0.1) is 12.9 Å². The maximum atomic E-state index is 11.1. The summed E-state index contributed by atoms with van der Waals surface area (Å²) in [6.07, 6.45) is 1.29. The van der Waals surface area contributed by atoms with Gasteiger partial charge in [0.25, 0.3) is 5.56 Å². The van der Waals surface area contributed by atoms with Gasteiger partial charge < -0.3 is 9.30 Å². The minimum Gasteiger partial charge on any atom is -0.461 e. The maximum Gasteiger partial charge on any atom is 0.357 e. The molecular weight excluding hydrogens is 172 g/mol. The number of carbonyl (C=O) groups is 1. The number of aryl methyl sites for hydroxylation is 1. The van der Waals surface area contributed by atoms with Crippen LogP contribution in [0.3, 0.4) is 0 Å². The van der Waals surface area contributed by atoms with Crippen LogP contribution in [0.1, 0.15) is 17.4 Å². The van der Waals surface area contributed by atoms with Crippen LogP contribution < -0.4 is 5.56 Å². The average Bonchev–Trinajstić information content (AvgIpc) is 2.10. The van der Waals surface area contributed by atoms with Crippen molar-refractivity contribution in [2.45, 2.75) is 6.92 Å². The largest absolute Gasteiger partial charge is 0.461 e. The summed E-state index contributed by atoms with van der Waals surface area (Å²) in [5, 5.41) is 0. The first-order chi connectivity index (χ1) is 6.15. The van der Waals surface area contributed by atoms with E-state index < -0.39 is 5.97 Å². The fourth-order valence-corrected chi connectivity index (χ4v) is 0.778. The van der Waals surface area contributed by atoms with Crippen molar-refractivity contribution in [3.63, 3.8) is 0 Å². The molecule has 0 N–H and O–H groups in total. The Morgan fingerprint density at radius 3 is 2.92 bits per heavy atom. The summed E-state index contributed by atoms with van der Waals surface area (Å²) < 4.78 is 5.95. The molecule has 0 bridgehead atoms. The molecule has 0 fully saturated rings. The monoisotopic (exact) mass is 182 g/mol. The van der Waals surface area contributed by atoms with Crippen molar-refractivity contribution in [3.05, 3.63) is 28.4 Å². The fraction of sp³-hybridized carbons (Fsp3) is 0.375. The molecule has 70 valence electrons. The summed E-state index contributed by atoms with van der Waals surface area (Å²) in [5.74, 6) is -0.569.